The highest BCUT2D eigenvalue weighted by molar-refractivity contribution is 5.88. The van der Waals surface area contributed by atoms with E-state index in [4.69, 9.17) is 9.97 Å². The van der Waals surface area contributed by atoms with Gasteiger partial charge in [0, 0.05) is 19.6 Å². The Morgan fingerprint density at radius 2 is 1.69 bits per heavy atom. The highest BCUT2D eigenvalue weighted by Crippen LogP contribution is 2.28. The monoisotopic (exact) mass is 395 g/mol. The first-order chi connectivity index (χ1) is 13.9. The number of nitrogens with one attached hydrogen (secondary N) is 1. The Morgan fingerprint density at radius 3 is 2.21 bits per heavy atom. The van der Waals surface area contributed by atoms with Gasteiger partial charge in [0.1, 0.15) is 5.69 Å². The number of nitriles is 1. The number of hydrogen-bond acceptors (Lipinski definition) is 5. The van der Waals surface area contributed by atoms with Crippen LogP contribution in [0, 0.1) is 23.2 Å². The van der Waals surface area contributed by atoms with Crippen LogP contribution in [0.2, 0.25) is 0 Å². The number of hydrogen-bond donors (Lipinski definition) is 1. The Morgan fingerprint density at radius 1 is 1.10 bits per heavy atom. The summed E-state index contributed by atoms with van der Waals surface area (Å²) < 4.78 is 0. The van der Waals surface area contributed by atoms with Gasteiger partial charge in [-0.2, -0.15) is 5.26 Å². The molecular weight excluding hydrogens is 362 g/mol. The molecule has 0 bridgehead atoms. The van der Waals surface area contributed by atoms with Gasteiger partial charge in [-0.05, 0) is 30.4 Å². The molecule has 0 unspecified atom stereocenters. The number of fused-ring (bicyclic) bond motifs is 1. The Hall–Kier alpha value is -2.68. The summed E-state index contributed by atoms with van der Waals surface area (Å²) in [5, 5.41) is 12.7. The van der Waals surface area contributed by atoms with Crippen LogP contribution >= 0.6 is 0 Å². The molecule has 0 aliphatic heterocycles. The number of aromatic nitrogens is 2. The number of rotatable bonds is 10. The fraction of sp³-hybridized carbons (Fsp3) is 0.565. The second kappa shape index (κ2) is 10.8. The van der Waals surface area contributed by atoms with Gasteiger partial charge in [0.15, 0.2) is 11.7 Å². The third kappa shape index (κ3) is 6.15. The van der Waals surface area contributed by atoms with Gasteiger partial charge >= 0.3 is 0 Å². The normalized spacial score (nSPS) is 12.2. The maximum atomic E-state index is 12.8. The van der Waals surface area contributed by atoms with E-state index in [0.29, 0.717) is 35.4 Å². The second-order valence-electron chi connectivity index (χ2n) is 8.32. The molecule has 6 nitrogen and oxygen atoms in total. The lowest BCUT2D eigenvalue weighted by Crippen LogP contribution is -2.35. The highest BCUT2D eigenvalue weighted by atomic mass is 16.1. The van der Waals surface area contributed by atoms with Crippen LogP contribution in [0.3, 0.4) is 0 Å². The van der Waals surface area contributed by atoms with Gasteiger partial charge in [-0.15, -0.1) is 0 Å². The average Bonchev–Trinajstić information content (AvgIpc) is 2.67. The summed E-state index contributed by atoms with van der Waals surface area (Å²) in [6.07, 6.45) is 1.86. The first kappa shape index (κ1) is 22.6. The molecule has 0 aliphatic carbocycles. The van der Waals surface area contributed by atoms with Crippen LogP contribution < -0.4 is 10.2 Å². The number of carbonyl (C=O) groups excluding carboxylic acids is 1. The zero-order valence-electron chi connectivity index (χ0n) is 18.3. The van der Waals surface area contributed by atoms with Gasteiger partial charge in [-0.3, -0.25) is 4.79 Å². The standard InChI is InChI=1S/C23H33N5O/c1-6-7-12-25-23(29)18(13-24)21-22(28(14-16(2)3)15-17(4)5)27-20-11-9-8-10-19(20)26-21/h8-11,16-18H,6-7,12,14-15H2,1-5H3,(H,25,29)/t18-/m0/s1. The van der Waals surface area contributed by atoms with Crippen molar-refractivity contribution in [2.75, 3.05) is 24.5 Å². The molecule has 156 valence electrons. The molecule has 1 atom stereocenters. The van der Waals surface area contributed by atoms with E-state index in [1.54, 1.807) is 0 Å². The van der Waals surface area contributed by atoms with Gasteiger partial charge < -0.3 is 10.2 Å². The van der Waals surface area contributed by atoms with Crippen molar-refractivity contribution < 1.29 is 4.79 Å². The molecule has 0 aliphatic rings. The molecule has 2 rings (SSSR count). The maximum Gasteiger partial charge on any atom is 0.243 e. The number of benzene rings is 1. The van der Waals surface area contributed by atoms with Crippen LogP contribution in [-0.2, 0) is 4.79 Å². The van der Waals surface area contributed by atoms with Crippen LogP contribution in [-0.4, -0.2) is 35.5 Å². The fourth-order valence-corrected chi connectivity index (χ4v) is 3.29. The average molecular weight is 396 g/mol. The number of nitrogens with zero attached hydrogens (tertiary/aromatic N) is 4. The largest absolute Gasteiger partial charge is 0.355 e. The van der Waals surface area contributed by atoms with Crippen molar-refractivity contribution in [3.63, 3.8) is 0 Å². The lowest BCUT2D eigenvalue weighted by atomic mass is 10.0. The van der Waals surface area contributed by atoms with Gasteiger partial charge in [-0.1, -0.05) is 53.2 Å². The minimum absolute atomic E-state index is 0.305. The quantitative estimate of drug-likeness (QED) is 0.608. The van der Waals surface area contributed by atoms with Crippen LogP contribution in [0.5, 0.6) is 0 Å². The summed E-state index contributed by atoms with van der Waals surface area (Å²) >= 11 is 0. The summed E-state index contributed by atoms with van der Waals surface area (Å²) in [6.45, 7) is 12.8. The molecule has 1 aromatic heterocycles. The van der Waals surface area contributed by atoms with E-state index in [2.05, 4.69) is 50.9 Å². The molecule has 1 aromatic carbocycles. The molecule has 1 heterocycles. The predicted octanol–water partition coefficient (Wildman–Crippen LogP) is 4.27. The number of carbonyl (C=O) groups is 1. The summed E-state index contributed by atoms with van der Waals surface area (Å²) in [6, 6.07) is 9.78. The van der Waals surface area contributed by atoms with Crippen molar-refractivity contribution in [2.24, 2.45) is 11.8 Å². The molecule has 1 amide bonds. The zero-order valence-corrected chi connectivity index (χ0v) is 18.3. The summed E-state index contributed by atoms with van der Waals surface area (Å²) in [4.78, 5) is 24.6. The van der Waals surface area contributed by atoms with E-state index in [1.807, 2.05) is 24.3 Å². The lowest BCUT2D eigenvalue weighted by molar-refractivity contribution is -0.121. The van der Waals surface area contributed by atoms with Gasteiger partial charge in [0.25, 0.3) is 0 Å². The van der Waals surface area contributed by atoms with Crippen molar-refractivity contribution in [1.29, 1.82) is 5.26 Å². The van der Waals surface area contributed by atoms with Crippen LogP contribution in [0.15, 0.2) is 24.3 Å². The number of para-hydroxylation sites is 2. The van der Waals surface area contributed by atoms with Crippen LogP contribution in [0.25, 0.3) is 11.0 Å². The molecular formula is C23H33N5O. The molecule has 1 N–H and O–H groups in total. The Balaban J connectivity index is 2.56. The lowest BCUT2D eigenvalue weighted by Gasteiger charge is -2.29. The van der Waals surface area contributed by atoms with Gasteiger partial charge in [0.05, 0.1) is 17.1 Å². The molecule has 0 spiro atoms. The van der Waals surface area contributed by atoms with E-state index >= 15 is 0 Å². The van der Waals surface area contributed by atoms with Gasteiger partial charge in [0.2, 0.25) is 5.91 Å². The number of anilines is 1. The summed E-state index contributed by atoms with van der Waals surface area (Å²) in [5.74, 6) is 0.174. The highest BCUT2D eigenvalue weighted by Gasteiger charge is 2.29. The van der Waals surface area contributed by atoms with E-state index in [0.717, 1.165) is 31.4 Å². The fourth-order valence-electron chi connectivity index (χ4n) is 3.29. The molecule has 6 heteroatoms. The van der Waals surface area contributed by atoms with E-state index in [9.17, 15) is 10.1 Å². The minimum atomic E-state index is -0.985. The molecule has 0 saturated carbocycles. The molecule has 0 radical (unpaired) electrons. The predicted molar refractivity (Wildman–Crippen MR) is 118 cm³/mol. The van der Waals surface area contributed by atoms with E-state index < -0.39 is 5.92 Å². The SMILES string of the molecule is CCCCNC(=O)[C@@H](C#N)c1nc2ccccc2nc1N(CC(C)C)CC(C)C. The van der Waals surface area contributed by atoms with Gasteiger partial charge in [-0.25, -0.2) is 9.97 Å². The number of unbranched alkanes of at least 4 members (excludes halogenated alkanes) is 1. The van der Waals surface area contributed by atoms with Crippen LogP contribution in [0.4, 0.5) is 5.82 Å². The molecule has 0 saturated heterocycles. The van der Waals surface area contributed by atoms with E-state index in [-0.39, 0.29) is 5.91 Å². The summed E-state index contributed by atoms with van der Waals surface area (Å²) in [7, 11) is 0. The van der Waals surface area contributed by atoms with Crippen molar-refractivity contribution in [3.05, 3.63) is 30.0 Å². The third-order valence-corrected chi connectivity index (χ3v) is 4.54. The van der Waals surface area contributed by atoms with Crippen molar-refractivity contribution in [3.8, 4) is 6.07 Å². The van der Waals surface area contributed by atoms with Crippen molar-refractivity contribution in [2.45, 2.75) is 53.4 Å². The molecule has 0 fully saturated rings. The molecule has 2 aromatic rings. The topological polar surface area (TPSA) is 81.9 Å². The van der Waals surface area contributed by atoms with Crippen molar-refractivity contribution >= 4 is 22.8 Å². The van der Waals surface area contributed by atoms with E-state index in [1.165, 1.54) is 0 Å². The van der Waals surface area contributed by atoms with Crippen molar-refractivity contribution in [1.82, 2.24) is 15.3 Å². The first-order valence-electron chi connectivity index (χ1n) is 10.6. The Kier molecular flexibility index (Phi) is 8.38. The first-order valence-corrected chi connectivity index (χ1v) is 10.6. The molecule has 29 heavy (non-hydrogen) atoms. The Bertz CT molecular complexity index is 846. The summed E-state index contributed by atoms with van der Waals surface area (Å²) in [5.41, 5.74) is 1.91. The smallest absolute Gasteiger partial charge is 0.243 e. The van der Waals surface area contributed by atoms with Crippen LogP contribution in [0.1, 0.15) is 59.1 Å². The minimum Gasteiger partial charge on any atom is -0.355 e. The Labute approximate surface area is 174 Å². The zero-order chi connectivity index (χ0) is 21.4. The maximum absolute atomic E-state index is 12.8. The third-order valence-electron chi connectivity index (χ3n) is 4.54. The number of amides is 1. The second-order valence-corrected chi connectivity index (χ2v) is 8.32.